The van der Waals surface area contributed by atoms with Gasteiger partial charge in [-0.05, 0) is 76.9 Å². The lowest BCUT2D eigenvalue weighted by Crippen LogP contribution is -1.99. The smallest absolute Gasteiger partial charge is 0.0641 e. The van der Waals surface area contributed by atoms with Gasteiger partial charge in [0.2, 0.25) is 0 Å². The van der Waals surface area contributed by atoms with E-state index < -0.39 is 0 Å². The number of para-hydroxylation sites is 5. The molecule has 13 aromatic rings. The van der Waals surface area contributed by atoms with Crippen molar-refractivity contribution in [2.75, 3.05) is 0 Å². The largest absolute Gasteiger partial charge is 0.309 e. The van der Waals surface area contributed by atoms with E-state index in [2.05, 4.69) is 250 Å². The number of nitrogens with zero attached hydrogens (tertiary/aromatic N) is 3. The molecule has 0 radical (unpaired) electrons. The maximum atomic E-state index is 2.53. The first-order chi connectivity index (χ1) is 31.3. The zero-order valence-corrected chi connectivity index (χ0v) is 34.4. The second-order valence-electron chi connectivity index (χ2n) is 16.4. The lowest BCUT2D eigenvalue weighted by Gasteiger charge is -2.18. The van der Waals surface area contributed by atoms with Crippen LogP contribution >= 0.6 is 0 Å². The van der Waals surface area contributed by atoms with Gasteiger partial charge in [0.25, 0.3) is 0 Å². The molecular weight excluding hydrogens is 763 g/mol. The molecule has 0 aliphatic rings. The predicted octanol–water partition coefficient (Wildman–Crippen LogP) is 16.0. The van der Waals surface area contributed by atoms with Gasteiger partial charge in [-0.3, -0.25) is 0 Å². The highest BCUT2D eigenvalue weighted by Crippen LogP contribution is 2.46. The van der Waals surface area contributed by atoms with Gasteiger partial charge in [-0.15, -0.1) is 0 Å². The fraction of sp³-hybridized carbons (Fsp3) is 0. The van der Waals surface area contributed by atoms with Crippen LogP contribution in [0.15, 0.2) is 237 Å². The molecular formula is C60H39N3. The van der Waals surface area contributed by atoms with Gasteiger partial charge in [-0.1, -0.05) is 182 Å². The molecule has 10 aromatic carbocycles. The Balaban J connectivity index is 1.15. The van der Waals surface area contributed by atoms with E-state index in [1.165, 1.54) is 98.8 Å². The minimum Gasteiger partial charge on any atom is -0.309 e. The van der Waals surface area contributed by atoms with Crippen molar-refractivity contribution >= 4 is 65.4 Å². The Morgan fingerprint density at radius 3 is 1.49 bits per heavy atom. The molecule has 3 aromatic heterocycles. The van der Waals surface area contributed by atoms with Crippen LogP contribution in [0.5, 0.6) is 0 Å². The van der Waals surface area contributed by atoms with Crippen molar-refractivity contribution in [3.8, 4) is 50.4 Å². The molecule has 63 heavy (non-hydrogen) atoms. The Morgan fingerprint density at radius 2 is 0.762 bits per heavy atom. The third-order valence-electron chi connectivity index (χ3n) is 13.0. The van der Waals surface area contributed by atoms with Crippen LogP contribution in [0.25, 0.3) is 116 Å². The summed E-state index contributed by atoms with van der Waals surface area (Å²) in [6, 6.07) is 86.4. The molecule has 0 N–H and O–H groups in total. The second kappa shape index (κ2) is 14.1. The van der Waals surface area contributed by atoms with E-state index in [1.807, 2.05) is 0 Å². The number of fused-ring (bicyclic) bond motifs is 10. The van der Waals surface area contributed by atoms with Gasteiger partial charge in [0.1, 0.15) is 0 Å². The molecule has 3 heterocycles. The Morgan fingerprint density at radius 1 is 0.238 bits per heavy atom. The lowest BCUT2D eigenvalue weighted by molar-refractivity contribution is 1.17. The third kappa shape index (κ3) is 5.33. The third-order valence-corrected chi connectivity index (χ3v) is 13.0. The van der Waals surface area contributed by atoms with Crippen LogP contribution in [-0.4, -0.2) is 13.7 Å². The fourth-order valence-electron chi connectivity index (χ4n) is 10.4. The molecule has 0 bridgehead atoms. The van der Waals surface area contributed by atoms with Crippen LogP contribution in [-0.2, 0) is 0 Å². The van der Waals surface area contributed by atoms with Crippen molar-refractivity contribution < 1.29 is 0 Å². The Labute approximate surface area is 364 Å². The van der Waals surface area contributed by atoms with Crippen molar-refractivity contribution in [2.24, 2.45) is 0 Å². The molecule has 3 heteroatoms. The van der Waals surface area contributed by atoms with E-state index in [1.54, 1.807) is 0 Å². The van der Waals surface area contributed by atoms with Gasteiger partial charge in [0.05, 0.1) is 44.5 Å². The number of hydrogen-bond donors (Lipinski definition) is 0. The van der Waals surface area contributed by atoms with Crippen LogP contribution in [0, 0.1) is 0 Å². The monoisotopic (exact) mass is 801 g/mol. The number of rotatable bonds is 6. The summed E-state index contributed by atoms with van der Waals surface area (Å²) in [7, 11) is 0. The Hall–Kier alpha value is -8.40. The highest BCUT2D eigenvalue weighted by Gasteiger charge is 2.24. The second-order valence-corrected chi connectivity index (χ2v) is 16.4. The highest BCUT2D eigenvalue weighted by molar-refractivity contribution is 6.26. The van der Waals surface area contributed by atoms with E-state index >= 15 is 0 Å². The standard InChI is InChI=1S/C60H39N3/c1-4-19-40(20-5-1)42-35-36-46(47-29-18-34-55-58(47)49-27-12-16-32-53(49)62(55)51-30-14-10-25-44(51)41-21-6-2-7-22-41)57(39-42)63-54-33-17-13-28-50(54)59-56(63)38-37-48-45-26-11-15-31-52(45)61(60(48)59)43-23-8-3-9-24-43/h1-39H. The number of benzene rings is 10. The van der Waals surface area contributed by atoms with Crippen molar-refractivity contribution in [1.82, 2.24) is 13.7 Å². The molecule has 0 fully saturated rings. The number of hydrogen-bond acceptors (Lipinski definition) is 0. The topological polar surface area (TPSA) is 14.8 Å². The van der Waals surface area contributed by atoms with Crippen LogP contribution < -0.4 is 0 Å². The first kappa shape index (κ1) is 35.4. The van der Waals surface area contributed by atoms with E-state index in [4.69, 9.17) is 0 Å². The quantitative estimate of drug-likeness (QED) is 0.159. The molecule has 0 saturated carbocycles. The van der Waals surface area contributed by atoms with Gasteiger partial charge in [0.15, 0.2) is 0 Å². The summed E-state index contributed by atoms with van der Waals surface area (Å²) in [5.41, 5.74) is 17.7. The van der Waals surface area contributed by atoms with E-state index in [0.717, 1.165) is 17.1 Å². The zero-order chi connectivity index (χ0) is 41.4. The van der Waals surface area contributed by atoms with Gasteiger partial charge >= 0.3 is 0 Å². The summed E-state index contributed by atoms with van der Waals surface area (Å²) in [6.45, 7) is 0. The molecule has 294 valence electrons. The lowest BCUT2D eigenvalue weighted by atomic mass is 9.94. The SMILES string of the molecule is c1ccc(-c2ccc(-c3cccc4c3c3ccccc3n4-c3ccccc3-c3ccccc3)c(-n3c4ccccc4c4c3ccc3c5ccccc5n(-c5ccccc5)c34)c2)cc1. The van der Waals surface area contributed by atoms with Crippen LogP contribution in [0.3, 0.4) is 0 Å². The molecule has 0 saturated heterocycles. The molecule has 3 nitrogen and oxygen atoms in total. The van der Waals surface area contributed by atoms with Crippen molar-refractivity contribution in [1.29, 1.82) is 0 Å². The van der Waals surface area contributed by atoms with E-state index in [-0.39, 0.29) is 0 Å². The summed E-state index contributed by atoms with van der Waals surface area (Å²) < 4.78 is 7.46. The summed E-state index contributed by atoms with van der Waals surface area (Å²) in [4.78, 5) is 0. The van der Waals surface area contributed by atoms with E-state index in [0.29, 0.717) is 0 Å². The van der Waals surface area contributed by atoms with Crippen LogP contribution in [0.2, 0.25) is 0 Å². The van der Waals surface area contributed by atoms with Crippen molar-refractivity contribution in [2.45, 2.75) is 0 Å². The van der Waals surface area contributed by atoms with Gasteiger partial charge in [0, 0.05) is 49.1 Å². The van der Waals surface area contributed by atoms with Gasteiger partial charge in [-0.2, -0.15) is 0 Å². The molecule has 0 unspecified atom stereocenters. The fourth-order valence-corrected chi connectivity index (χ4v) is 10.4. The van der Waals surface area contributed by atoms with Gasteiger partial charge in [-0.25, -0.2) is 0 Å². The first-order valence-corrected chi connectivity index (χ1v) is 21.7. The molecule has 0 aliphatic heterocycles. The minimum atomic E-state index is 1.14. The molecule has 0 spiro atoms. The summed E-state index contributed by atoms with van der Waals surface area (Å²) in [5, 5.41) is 7.42. The molecule has 13 rings (SSSR count). The maximum absolute atomic E-state index is 2.53. The van der Waals surface area contributed by atoms with Gasteiger partial charge < -0.3 is 13.7 Å². The summed E-state index contributed by atoms with van der Waals surface area (Å²) in [5.74, 6) is 0. The Kier molecular flexibility index (Phi) is 7.91. The van der Waals surface area contributed by atoms with Crippen molar-refractivity contribution in [3.05, 3.63) is 237 Å². The van der Waals surface area contributed by atoms with E-state index in [9.17, 15) is 0 Å². The molecule has 0 aliphatic carbocycles. The summed E-state index contributed by atoms with van der Waals surface area (Å²) >= 11 is 0. The number of aromatic nitrogens is 3. The first-order valence-electron chi connectivity index (χ1n) is 21.7. The Bertz CT molecular complexity index is 3890. The molecule has 0 atom stereocenters. The maximum Gasteiger partial charge on any atom is 0.0641 e. The minimum absolute atomic E-state index is 1.14. The average Bonchev–Trinajstić information content (AvgIpc) is 4.00. The molecule has 0 amide bonds. The van der Waals surface area contributed by atoms with Crippen molar-refractivity contribution in [3.63, 3.8) is 0 Å². The zero-order valence-electron chi connectivity index (χ0n) is 34.4. The summed E-state index contributed by atoms with van der Waals surface area (Å²) in [6.07, 6.45) is 0. The predicted molar refractivity (Wildman–Crippen MR) is 266 cm³/mol. The average molecular weight is 802 g/mol. The highest BCUT2D eigenvalue weighted by atomic mass is 15.0. The van der Waals surface area contributed by atoms with Crippen LogP contribution in [0.4, 0.5) is 0 Å². The van der Waals surface area contributed by atoms with Crippen LogP contribution in [0.1, 0.15) is 0 Å². The normalized spacial score (nSPS) is 11.8.